The van der Waals surface area contributed by atoms with Gasteiger partial charge in [-0.15, -0.1) is 0 Å². The van der Waals surface area contributed by atoms with Crippen LogP contribution in [0.1, 0.15) is 23.3 Å². The number of nitrogens with two attached hydrogens (primary N) is 1. The molecular formula is C16H19N3O5S. The number of para-hydroxylation sites is 1. The Morgan fingerprint density at radius 2 is 1.92 bits per heavy atom. The summed E-state index contributed by atoms with van der Waals surface area (Å²) in [5.74, 6) is -1.22. The summed E-state index contributed by atoms with van der Waals surface area (Å²) < 4.78 is 28.7. The van der Waals surface area contributed by atoms with E-state index in [0.717, 1.165) is 15.2 Å². The van der Waals surface area contributed by atoms with Gasteiger partial charge in [-0.1, -0.05) is 18.2 Å². The number of ketones is 1. The number of carbonyl (C=O) groups is 2. The van der Waals surface area contributed by atoms with Gasteiger partial charge in [0, 0.05) is 24.0 Å². The summed E-state index contributed by atoms with van der Waals surface area (Å²) in [4.78, 5) is 27.2. The molecule has 0 bridgehead atoms. The maximum Gasteiger partial charge on any atom is 0.309 e. The zero-order valence-electron chi connectivity index (χ0n) is 13.5. The largest absolute Gasteiger partial charge is 0.457 e. The smallest absolute Gasteiger partial charge is 0.309 e. The fourth-order valence-electron chi connectivity index (χ4n) is 2.90. The van der Waals surface area contributed by atoms with Crippen molar-refractivity contribution in [2.24, 2.45) is 11.1 Å². The lowest BCUT2D eigenvalue weighted by Crippen LogP contribution is -2.43. The van der Waals surface area contributed by atoms with Crippen LogP contribution in [0.15, 0.2) is 30.3 Å². The van der Waals surface area contributed by atoms with Gasteiger partial charge in [-0.3, -0.25) is 9.59 Å². The van der Waals surface area contributed by atoms with Crippen molar-refractivity contribution in [3.8, 4) is 0 Å². The van der Waals surface area contributed by atoms with Crippen LogP contribution in [-0.2, 0) is 19.7 Å². The number of hydrogen-bond acceptors (Lipinski definition) is 5. The molecule has 0 saturated carbocycles. The van der Waals surface area contributed by atoms with E-state index in [2.05, 4.69) is 4.98 Å². The molecule has 9 heteroatoms. The second-order valence-corrected chi connectivity index (χ2v) is 7.57. The summed E-state index contributed by atoms with van der Waals surface area (Å²) in [6, 6.07) is 9.20. The van der Waals surface area contributed by atoms with Crippen LogP contribution >= 0.6 is 0 Å². The van der Waals surface area contributed by atoms with Gasteiger partial charge in [0.15, 0.2) is 6.61 Å². The molecule has 25 heavy (non-hydrogen) atoms. The number of rotatable bonds is 5. The molecule has 1 saturated heterocycles. The number of benzene rings is 1. The van der Waals surface area contributed by atoms with Gasteiger partial charge in [0.25, 0.3) is 10.2 Å². The first kappa shape index (κ1) is 17.6. The molecule has 134 valence electrons. The quantitative estimate of drug-likeness (QED) is 0.600. The Kier molecular flexibility index (Phi) is 4.89. The molecule has 1 aromatic heterocycles. The van der Waals surface area contributed by atoms with Gasteiger partial charge in [0.2, 0.25) is 5.78 Å². The lowest BCUT2D eigenvalue weighted by atomic mass is 9.98. The summed E-state index contributed by atoms with van der Waals surface area (Å²) in [5.41, 5.74) is 1.23. The second-order valence-electron chi connectivity index (χ2n) is 6.02. The first-order valence-corrected chi connectivity index (χ1v) is 9.40. The number of piperidine rings is 1. The van der Waals surface area contributed by atoms with E-state index >= 15 is 0 Å². The molecule has 0 radical (unpaired) electrons. The van der Waals surface area contributed by atoms with Crippen molar-refractivity contribution in [3.63, 3.8) is 0 Å². The van der Waals surface area contributed by atoms with Crippen LogP contribution in [-0.4, -0.2) is 49.2 Å². The predicted octanol–water partition coefficient (Wildman–Crippen LogP) is 0.809. The van der Waals surface area contributed by atoms with Gasteiger partial charge in [-0.2, -0.15) is 12.7 Å². The van der Waals surface area contributed by atoms with Gasteiger partial charge < -0.3 is 9.72 Å². The summed E-state index contributed by atoms with van der Waals surface area (Å²) >= 11 is 0. The number of ether oxygens (including phenoxy) is 1. The topological polar surface area (TPSA) is 123 Å². The maximum absolute atomic E-state index is 12.2. The summed E-state index contributed by atoms with van der Waals surface area (Å²) in [6.07, 6.45) is 0.658. The molecule has 1 aromatic carbocycles. The minimum Gasteiger partial charge on any atom is -0.457 e. The lowest BCUT2D eigenvalue weighted by Gasteiger charge is -2.28. The van der Waals surface area contributed by atoms with E-state index in [-0.39, 0.29) is 25.5 Å². The molecule has 1 aliphatic heterocycles. The highest BCUT2D eigenvalue weighted by Crippen LogP contribution is 2.20. The maximum atomic E-state index is 12.2. The lowest BCUT2D eigenvalue weighted by molar-refractivity contribution is -0.148. The highest BCUT2D eigenvalue weighted by molar-refractivity contribution is 7.86. The van der Waals surface area contributed by atoms with Gasteiger partial charge in [0.1, 0.15) is 0 Å². The van der Waals surface area contributed by atoms with E-state index in [1.165, 1.54) is 0 Å². The van der Waals surface area contributed by atoms with Crippen LogP contribution in [0, 0.1) is 5.92 Å². The van der Waals surface area contributed by atoms with Crippen LogP contribution in [0.2, 0.25) is 0 Å². The molecule has 0 atom stereocenters. The zero-order chi connectivity index (χ0) is 18.0. The fraction of sp³-hybridized carbons (Fsp3) is 0.375. The summed E-state index contributed by atoms with van der Waals surface area (Å²) in [5, 5.41) is 5.97. The third-order valence-corrected chi connectivity index (χ3v) is 5.41. The Labute approximate surface area is 145 Å². The van der Waals surface area contributed by atoms with Crippen molar-refractivity contribution in [2.75, 3.05) is 19.7 Å². The monoisotopic (exact) mass is 365 g/mol. The average Bonchev–Trinajstić information content (AvgIpc) is 3.03. The number of H-pyrrole nitrogens is 1. The summed E-state index contributed by atoms with van der Waals surface area (Å²) in [7, 11) is -3.73. The molecule has 0 unspecified atom stereocenters. The Balaban J connectivity index is 1.53. The number of nitrogens with one attached hydrogen (secondary N) is 1. The van der Waals surface area contributed by atoms with E-state index in [4.69, 9.17) is 9.88 Å². The molecule has 2 heterocycles. The highest BCUT2D eigenvalue weighted by Gasteiger charge is 2.30. The van der Waals surface area contributed by atoms with E-state index in [9.17, 15) is 18.0 Å². The van der Waals surface area contributed by atoms with Gasteiger partial charge in [-0.25, -0.2) is 5.14 Å². The molecule has 1 fully saturated rings. The van der Waals surface area contributed by atoms with Crippen molar-refractivity contribution in [3.05, 3.63) is 36.0 Å². The Hall–Kier alpha value is -2.23. The SMILES string of the molecule is NS(=O)(=O)N1CCC(C(=O)OCC(=O)c2cc3ccccc3[nH]2)CC1. The van der Waals surface area contributed by atoms with Crippen LogP contribution in [0.5, 0.6) is 0 Å². The van der Waals surface area contributed by atoms with Gasteiger partial charge in [-0.05, 0) is 25.0 Å². The molecule has 0 aliphatic carbocycles. The summed E-state index contributed by atoms with van der Waals surface area (Å²) in [6.45, 7) is 0.00415. The van der Waals surface area contributed by atoms with Crippen LogP contribution in [0.25, 0.3) is 10.9 Å². The number of aromatic nitrogens is 1. The third kappa shape index (κ3) is 4.06. The first-order valence-electron chi connectivity index (χ1n) is 7.90. The van der Waals surface area contributed by atoms with Gasteiger partial charge in [0.05, 0.1) is 11.6 Å². The van der Waals surface area contributed by atoms with E-state index in [0.29, 0.717) is 18.5 Å². The Morgan fingerprint density at radius 3 is 2.56 bits per heavy atom. The van der Waals surface area contributed by atoms with Crippen LogP contribution in [0.3, 0.4) is 0 Å². The predicted molar refractivity (Wildman–Crippen MR) is 91.0 cm³/mol. The minimum atomic E-state index is -3.73. The second kappa shape index (κ2) is 6.95. The molecule has 0 amide bonds. The third-order valence-electron chi connectivity index (χ3n) is 4.32. The van der Waals surface area contributed by atoms with E-state index in [1.54, 1.807) is 6.07 Å². The first-order chi connectivity index (χ1) is 11.8. The normalized spacial score (nSPS) is 16.8. The highest BCUT2D eigenvalue weighted by atomic mass is 32.2. The number of esters is 1. The van der Waals surface area contributed by atoms with E-state index in [1.807, 2.05) is 24.3 Å². The molecule has 0 spiro atoms. The number of hydrogen-bond donors (Lipinski definition) is 2. The van der Waals surface area contributed by atoms with Gasteiger partial charge >= 0.3 is 5.97 Å². The molecule has 2 aromatic rings. The van der Waals surface area contributed by atoms with Crippen molar-refractivity contribution in [1.29, 1.82) is 0 Å². The fourth-order valence-corrected chi connectivity index (χ4v) is 3.62. The average molecular weight is 365 g/mol. The number of aromatic amines is 1. The molecule has 8 nitrogen and oxygen atoms in total. The number of Topliss-reactive ketones (excluding diaryl/α,β-unsaturated/α-hetero) is 1. The number of nitrogens with zero attached hydrogens (tertiary/aromatic N) is 1. The molecular weight excluding hydrogens is 346 g/mol. The van der Waals surface area contributed by atoms with E-state index < -0.39 is 22.1 Å². The van der Waals surface area contributed by atoms with Crippen molar-refractivity contribution >= 4 is 32.9 Å². The van der Waals surface area contributed by atoms with Crippen molar-refractivity contribution in [1.82, 2.24) is 9.29 Å². The van der Waals surface area contributed by atoms with Crippen molar-refractivity contribution in [2.45, 2.75) is 12.8 Å². The van der Waals surface area contributed by atoms with Crippen molar-refractivity contribution < 1.29 is 22.7 Å². The molecule has 3 rings (SSSR count). The van der Waals surface area contributed by atoms with Crippen LogP contribution < -0.4 is 5.14 Å². The Morgan fingerprint density at radius 1 is 1.24 bits per heavy atom. The Bertz CT molecular complexity index is 864. The number of carbonyl (C=O) groups excluding carboxylic acids is 2. The molecule has 3 N–H and O–H groups in total. The standard InChI is InChI=1S/C16H19N3O5S/c17-25(22,23)19-7-5-11(6-8-19)16(21)24-10-15(20)14-9-12-3-1-2-4-13(12)18-14/h1-4,9,11,18H,5-8,10H2,(H2,17,22,23). The zero-order valence-corrected chi connectivity index (χ0v) is 14.3. The van der Waals surface area contributed by atoms with Crippen LogP contribution in [0.4, 0.5) is 0 Å². The minimum absolute atomic E-state index is 0.175. The molecule has 1 aliphatic rings. The number of fused-ring (bicyclic) bond motifs is 1.